The maximum atomic E-state index is 13.0. The molecule has 1 fully saturated rings. The smallest absolute Gasteiger partial charge is 0.299 e. The van der Waals surface area contributed by atoms with Gasteiger partial charge in [0.1, 0.15) is 5.78 Å². The summed E-state index contributed by atoms with van der Waals surface area (Å²) in [6, 6.07) is 11.9. The number of hydrogen-bond donors (Lipinski definition) is 1. The Morgan fingerprint density at radius 1 is 1.03 bits per heavy atom. The zero-order valence-corrected chi connectivity index (χ0v) is 19.2. The monoisotopic (exact) mass is 493 g/mol. The van der Waals surface area contributed by atoms with Crippen LogP contribution < -0.4 is 4.72 Å². The number of Topliss-reactive ketones (excluding diaryl/α,β-unsaturated/α-hetero) is 1. The Morgan fingerprint density at radius 3 is 2.48 bits per heavy atom. The molecule has 4 rings (SSSR count). The van der Waals surface area contributed by atoms with E-state index in [0.717, 1.165) is 36.1 Å². The molecule has 0 unspecified atom stereocenters. The van der Waals surface area contributed by atoms with Crippen LogP contribution in [0.15, 0.2) is 59.3 Å². The van der Waals surface area contributed by atoms with Crippen molar-refractivity contribution < 1.29 is 26.4 Å². The standard InChI is InChI=1S/C24H22F3NO3S2/c25-24(26,27)20-3-1-2-16(11-20)12-22(29)13-19-10-17(15-33(30,31)28-21-5-6-21)4-7-23(19)18-8-9-32-14-18/h1-4,7-11,14,21,28H,5-6,12-13,15H2. The Balaban J connectivity index is 1.56. The molecular weight excluding hydrogens is 471 g/mol. The number of halogens is 3. The van der Waals surface area contributed by atoms with Crippen LogP contribution in [-0.4, -0.2) is 20.2 Å². The fraction of sp³-hybridized carbons (Fsp3) is 0.292. The van der Waals surface area contributed by atoms with E-state index < -0.39 is 21.8 Å². The molecule has 9 heteroatoms. The van der Waals surface area contributed by atoms with Crippen molar-refractivity contribution in [1.82, 2.24) is 4.72 Å². The van der Waals surface area contributed by atoms with Gasteiger partial charge in [-0.3, -0.25) is 4.79 Å². The van der Waals surface area contributed by atoms with Crippen LogP contribution in [0.2, 0.25) is 0 Å². The van der Waals surface area contributed by atoms with E-state index >= 15 is 0 Å². The number of alkyl halides is 3. The van der Waals surface area contributed by atoms with Crippen molar-refractivity contribution in [3.8, 4) is 11.1 Å². The predicted molar refractivity (Wildman–Crippen MR) is 122 cm³/mol. The highest BCUT2D eigenvalue weighted by Crippen LogP contribution is 2.31. The number of rotatable bonds is 9. The van der Waals surface area contributed by atoms with Crippen LogP contribution in [0.25, 0.3) is 11.1 Å². The van der Waals surface area contributed by atoms with Gasteiger partial charge in [0.05, 0.1) is 11.3 Å². The molecule has 4 nitrogen and oxygen atoms in total. The first kappa shape index (κ1) is 23.7. The fourth-order valence-electron chi connectivity index (χ4n) is 3.66. The van der Waals surface area contributed by atoms with E-state index in [1.54, 1.807) is 18.2 Å². The van der Waals surface area contributed by atoms with Crippen LogP contribution in [0.4, 0.5) is 13.2 Å². The van der Waals surface area contributed by atoms with Crippen molar-refractivity contribution in [3.63, 3.8) is 0 Å². The second kappa shape index (κ2) is 9.40. The van der Waals surface area contributed by atoms with Gasteiger partial charge < -0.3 is 0 Å². The van der Waals surface area contributed by atoms with E-state index in [4.69, 9.17) is 0 Å². The minimum absolute atomic E-state index is 0.00795. The summed E-state index contributed by atoms with van der Waals surface area (Å²) in [5.74, 6) is -0.440. The zero-order chi connectivity index (χ0) is 23.6. The lowest BCUT2D eigenvalue weighted by Crippen LogP contribution is -2.27. The van der Waals surface area contributed by atoms with Gasteiger partial charge in [0, 0.05) is 18.9 Å². The van der Waals surface area contributed by atoms with Gasteiger partial charge in [-0.25, -0.2) is 13.1 Å². The molecule has 0 bridgehead atoms. The lowest BCUT2D eigenvalue weighted by molar-refractivity contribution is -0.137. The highest BCUT2D eigenvalue weighted by atomic mass is 32.2. The van der Waals surface area contributed by atoms with Crippen LogP contribution >= 0.6 is 11.3 Å². The number of thiophene rings is 1. The molecule has 174 valence electrons. The van der Waals surface area contributed by atoms with Crippen molar-refractivity contribution in [3.05, 3.63) is 81.5 Å². The zero-order valence-electron chi connectivity index (χ0n) is 17.6. The fourth-order valence-corrected chi connectivity index (χ4v) is 5.76. The van der Waals surface area contributed by atoms with Crippen molar-refractivity contribution in [1.29, 1.82) is 0 Å². The summed E-state index contributed by atoms with van der Waals surface area (Å²) in [5.41, 5.74) is 2.44. The first-order chi connectivity index (χ1) is 15.6. The largest absolute Gasteiger partial charge is 0.416 e. The summed E-state index contributed by atoms with van der Waals surface area (Å²) in [6.07, 6.45) is -2.94. The van der Waals surface area contributed by atoms with E-state index in [0.29, 0.717) is 16.7 Å². The number of ketones is 1. The van der Waals surface area contributed by atoms with Crippen LogP contribution in [0.5, 0.6) is 0 Å². The number of carbonyl (C=O) groups excluding carboxylic acids is 1. The molecule has 0 aliphatic heterocycles. The molecule has 2 aromatic carbocycles. The Labute approximate surface area is 194 Å². The van der Waals surface area contributed by atoms with Crippen LogP contribution in [0.1, 0.15) is 35.1 Å². The van der Waals surface area contributed by atoms with Crippen molar-refractivity contribution in [2.24, 2.45) is 0 Å². The first-order valence-electron chi connectivity index (χ1n) is 10.4. The Bertz CT molecular complexity index is 1250. The molecule has 0 radical (unpaired) electrons. The Hall–Kier alpha value is -2.49. The predicted octanol–water partition coefficient (Wildman–Crippen LogP) is 5.37. The minimum Gasteiger partial charge on any atom is -0.299 e. The third kappa shape index (κ3) is 6.52. The second-order valence-corrected chi connectivity index (χ2v) is 10.8. The molecule has 0 amide bonds. The van der Waals surface area contributed by atoms with E-state index in [1.807, 2.05) is 16.8 Å². The van der Waals surface area contributed by atoms with Gasteiger partial charge in [0.2, 0.25) is 10.0 Å². The molecule has 33 heavy (non-hydrogen) atoms. The molecule has 0 spiro atoms. The van der Waals surface area contributed by atoms with Gasteiger partial charge in [-0.15, -0.1) is 0 Å². The number of carbonyl (C=O) groups is 1. The highest BCUT2D eigenvalue weighted by molar-refractivity contribution is 7.88. The average molecular weight is 494 g/mol. The van der Waals surface area contributed by atoms with Gasteiger partial charge >= 0.3 is 6.18 Å². The van der Waals surface area contributed by atoms with Gasteiger partial charge in [-0.05, 0) is 63.6 Å². The summed E-state index contributed by atoms with van der Waals surface area (Å²) in [7, 11) is -3.49. The maximum absolute atomic E-state index is 13.0. The highest BCUT2D eigenvalue weighted by Gasteiger charge is 2.30. The van der Waals surface area contributed by atoms with E-state index in [-0.39, 0.29) is 30.4 Å². The van der Waals surface area contributed by atoms with Crippen LogP contribution in [-0.2, 0) is 39.6 Å². The Morgan fingerprint density at radius 2 is 1.82 bits per heavy atom. The lowest BCUT2D eigenvalue weighted by Gasteiger charge is -2.12. The van der Waals surface area contributed by atoms with Crippen molar-refractivity contribution in [2.45, 2.75) is 43.7 Å². The molecule has 0 atom stereocenters. The average Bonchev–Trinajstić information content (AvgIpc) is 3.35. The van der Waals surface area contributed by atoms with Crippen molar-refractivity contribution in [2.75, 3.05) is 0 Å². The molecule has 0 saturated heterocycles. The molecule has 1 heterocycles. The topological polar surface area (TPSA) is 63.2 Å². The summed E-state index contributed by atoms with van der Waals surface area (Å²) >= 11 is 1.50. The second-order valence-electron chi connectivity index (χ2n) is 8.25. The SMILES string of the molecule is O=C(Cc1cccc(C(F)(F)F)c1)Cc1cc(CS(=O)(=O)NC2CC2)ccc1-c1ccsc1. The lowest BCUT2D eigenvalue weighted by atomic mass is 9.94. The van der Waals surface area contributed by atoms with E-state index in [1.165, 1.54) is 23.5 Å². The van der Waals surface area contributed by atoms with Gasteiger partial charge in [-0.1, -0.05) is 36.4 Å². The molecule has 1 aliphatic carbocycles. The van der Waals surface area contributed by atoms with Crippen LogP contribution in [0, 0.1) is 0 Å². The molecular formula is C24H22F3NO3S2. The normalized spacial score (nSPS) is 14.4. The molecule has 1 aromatic heterocycles. The number of sulfonamides is 1. The summed E-state index contributed by atoms with van der Waals surface area (Å²) < 4.78 is 66.4. The van der Waals surface area contributed by atoms with Crippen LogP contribution in [0.3, 0.4) is 0 Å². The van der Waals surface area contributed by atoms with Gasteiger partial charge in [0.15, 0.2) is 0 Å². The number of hydrogen-bond acceptors (Lipinski definition) is 4. The summed E-state index contributed by atoms with van der Waals surface area (Å²) in [4.78, 5) is 12.8. The number of benzene rings is 2. The molecule has 1 saturated carbocycles. The molecule has 1 aliphatic rings. The quantitative estimate of drug-likeness (QED) is 0.436. The van der Waals surface area contributed by atoms with Gasteiger partial charge in [-0.2, -0.15) is 24.5 Å². The van der Waals surface area contributed by atoms with E-state index in [2.05, 4.69) is 4.72 Å². The first-order valence-corrected chi connectivity index (χ1v) is 13.0. The third-order valence-corrected chi connectivity index (χ3v) is 7.41. The summed E-state index contributed by atoms with van der Waals surface area (Å²) in [6.45, 7) is 0. The Kier molecular flexibility index (Phi) is 6.74. The van der Waals surface area contributed by atoms with E-state index in [9.17, 15) is 26.4 Å². The minimum atomic E-state index is -4.47. The van der Waals surface area contributed by atoms with Crippen molar-refractivity contribution >= 4 is 27.1 Å². The molecule has 1 N–H and O–H groups in total. The summed E-state index contributed by atoms with van der Waals surface area (Å²) in [5, 5.41) is 3.84. The number of nitrogens with one attached hydrogen (secondary N) is 1. The van der Waals surface area contributed by atoms with Gasteiger partial charge in [0.25, 0.3) is 0 Å². The molecule has 3 aromatic rings. The third-order valence-electron chi connectivity index (χ3n) is 5.33. The maximum Gasteiger partial charge on any atom is 0.416 e.